The third kappa shape index (κ3) is 5.19. The smallest absolute Gasteiger partial charge is 0.266 e. The van der Waals surface area contributed by atoms with Gasteiger partial charge in [0.05, 0.1) is 11.6 Å². The normalized spacial score (nSPS) is 10.7. The number of methoxy groups -OCH3 is 1. The lowest BCUT2D eigenvalue weighted by molar-refractivity contribution is -0.112. The summed E-state index contributed by atoms with van der Waals surface area (Å²) in [6.07, 6.45) is 1.49. The van der Waals surface area contributed by atoms with Gasteiger partial charge in [-0.15, -0.1) is 0 Å². The zero-order valence-electron chi connectivity index (χ0n) is 15.1. The Morgan fingerprint density at radius 3 is 2.37 bits per heavy atom. The predicted molar refractivity (Wildman–Crippen MR) is 107 cm³/mol. The number of rotatable bonds is 5. The minimum Gasteiger partial charge on any atom is -0.496 e. The number of anilines is 1. The number of nitrogens with one attached hydrogen (secondary N) is 1. The third-order valence-electron chi connectivity index (χ3n) is 3.65. The molecule has 27 heavy (non-hydrogen) atoms. The average Bonchev–Trinajstić information content (AvgIpc) is 2.66. The van der Waals surface area contributed by atoms with Crippen LogP contribution in [0.25, 0.3) is 6.08 Å². The van der Waals surface area contributed by atoms with Gasteiger partial charge < -0.3 is 15.0 Å². The molecule has 2 aromatic rings. The van der Waals surface area contributed by atoms with Gasteiger partial charge >= 0.3 is 0 Å². The summed E-state index contributed by atoms with van der Waals surface area (Å²) in [4.78, 5) is 25.7. The SMILES string of the molecule is COc1ccc(/C=C(\C#N)C(=O)Nc2ccc(C(=O)N(C)C)cc2)cc1Br. The summed E-state index contributed by atoms with van der Waals surface area (Å²) in [5.74, 6) is -0.00540. The third-order valence-corrected chi connectivity index (χ3v) is 4.27. The van der Waals surface area contributed by atoms with Crippen LogP contribution in [0.5, 0.6) is 5.75 Å². The van der Waals surface area contributed by atoms with Crippen LogP contribution < -0.4 is 10.1 Å². The van der Waals surface area contributed by atoms with Crippen molar-refractivity contribution in [3.63, 3.8) is 0 Å². The lowest BCUT2D eigenvalue weighted by Crippen LogP contribution is -2.21. The molecular formula is C20H18BrN3O3. The molecule has 0 aliphatic carbocycles. The summed E-state index contributed by atoms with van der Waals surface area (Å²) >= 11 is 3.37. The van der Waals surface area contributed by atoms with E-state index in [1.165, 1.54) is 11.0 Å². The molecule has 0 aliphatic heterocycles. The second kappa shape index (κ2) is 9.01. The molecule has 2 rings (SSSR count). The molecule has 0 bridgehead atoms. The van der Waals surface area contributed by atoms with Crippen molar-refractivity contribution in [2.45, 2.75) is 0 Å². The van der Waals surface area contributed by atoms with Gasteiger partial charge in [0.1, 0.15) is 17.4 Å². The van der Waals surface area contributed by atoms with E-state index in [4.69, 9.17) is 4.74 Å². The lowest BCUT2D eigenvalue weighted by atomic mass is 10.1. The molecule has 0 radical (unpaired) electrons. The average molecular weight is 428 g/mol. The van der Waals surface area contributed by atoms with E-state index < -0.39 is 5.91 Å². The number of ether oxygens (including phenoxy) is 1. The van der Waals surface area contributed by atoms with Crippen LogP contribution in [0.15, 0.2) is 52.5 Å². The highest BCUT2D eigenvalue weighted by molar-refractivity contribution is 9.10. The van der Waals surface area contributed by atoms with E-state index in [0.29, 0.717) is 22.6 Å². The van der Waals surface area contributed by atoms with Crippen molar-refractivity contribution in [1.82, 2.24) is 4.90 Å². The second-order valence-corrected chi connectivity index (χ2v) is 6.65. The number of halogens is 1. The second-order valence-electron chi connectivity index (χ2n) is 5.79. The Labute approximate surface area is 166 Å². The minimum absolute atomic E-state index is 0.0412. The van der Waals surface area contributed by atoms with Crippen LogP contribution in [0.1, 0.15) is 15.9 Å². The van der Waals surface area contributed by atoms with Crippen LogP contribution in [-0.2, 0) is 4.79 Å². The van der Waals surface area contributed by atoms with E-state index in [1.54, 1.807) is 63.7 Å². The maximum absolute atomic E-state index is 12.4. The summed E-state index contributed by atoms with van der Waals surface area (Å²) in [6.45, 7) is 0. The van der Waals surface area contributed by atoms with Crippen molar-refractivity contribution in [3.05, 3.63) is 63.6 Å². The van der Waals surface area contributed by atoms with Gasteiger partial charge in [0.25, 0.3) is 11.8 Å². The van der Waals surface area contributed by atoms with Gasteiger partial charge in [0, 0.05) is 25.3 Å². The van der Waals surface area contributed by atoms with Crippen molar-refractivity contribution >= 4 is 39.5 Å². The molecule has 0 atom stereocenters. The molecule has 1 N–H and O–H groups in total. The van der Waals surface area contributed by atoms with E-state index in [1.807, 2.05) is 6.07 Å². The Hall–Kier alpha value is -3.11. The molecule has 2 amide bonds. The summed E-state index contributed by atoms with van der Waals surface area (Å²) in [5, 5.41) is 12.0. The number of carbonyl (C=O) groups excluding carboxylic acids is 2. The van der Waals surface area contributed by atoms with E-state index >= 15 is 0 Å². The van der Waals surface area contributed by atoms with Gasteiger partial charge in [-0.3, -0.25) is 9.59 Å². The number of hydrogen-bond donors (Lipinski definition) is 1. The number of benzene rings is 2. The largest absolute Gasteiger partial charge is 0.496 e. The fourth-order valence-electron chi connectivity index (χ4n) is 2.24. The fraction of sp³-hybridized carbons (Fsp3) is 0.150. The summed E-state index contributed by atoms with van der Waals surface area (Å²) in [6, 6.07) is 13.6. The zero-order valence-corrected chi connectivity index (χ0v) is 16.7. The number of nitriles is 1. The highest BCUT2D eigenvalue weighted by Crippen LogP contribution is 2.26. The van der Waals surface area contributed by atoms with Gasteiger partial charge in [-0.05, 0) is 64.0 Å². The molecule has 0 unspecified atom stereocenters. The monoisotopic (exact) mass is 427 g/mol. The Balaban J connectivity index is 2.16. The molecule has 7 heteroatoms. The molecule has 0 fully saturated rings. The van der Waals surface area contributed by atoms with E-state index in [0.717, 1.165) is 4.47 Å². The maximum Gasteiger partial charge on any atom is 0.266 e. The Morgan fingerprint density at radius 2 is 1.85 bits per heavy atom. The highest BCUT2D eigenvalue weighted by Gasteiger charge is 2.12. The Kier molecular flexibility index (Phi) is 6.74. The van der Waals surface area contributed by atoms with Gasteiger partial charge in [-0.25, -0.2) is 0 Å². The maximum atomic E-state index is 12.4. The van der Waals surface area contributed by atoms with Crippen LogP contribution in [-0.4, -0.2) is 37.9 Å². The molecule has 0 heterocycles. The topological polar surface area (TPSA) is 82.4 Å². The minimum atomic E-state index is -0.531. The fourth-order valence-corrected chi connectivity index (χ4v) is 2.80. The van der Waals surface area contributed by atoms with Crippen LogP contribution >= 0.6 is 15.9 Å². The summed E-state index contributed by atoms with van der Waals surface area (Å²) in [5.41, 5.74) is 1.64. The van der Waals surface area contributed by atoms with Crippen LogP contribution in [0.2, 0.25) is 0 Å². The van der Waals surface area contributed by atoms with Crippen molar-refractivity contribution in [2.24, 2.45) is 0 Å². The first-order valence-corrected chi connectivity index (χ1v) is 8.73. The van der Waals surface area contributed by atoms with Crippen molar-refractivity contribution in [3.8, 4) is 11.8 Å². The van der Waals surface area contributed by atoms with E-state index in [9.17, 15) is 14.9 Å². The quantitative estimate of drug-likeness (QED) is 0.582. The Bertz CT molecular complexity index is 928. The Morgan fingerprint density at radius 1 is 1.19 bits per heavy atom. The molecule has 0 saturated carbocycles. The summed E-state index contributed by atoms with van der Waals surface area (Å²) < 4.78 is 5.88. The van der Waals surface area contributed by atoms with Crippen molar-refractivity contribution in [2.75, 3.05) is 26.5 Å². The van der Waals surface area contributed by atoms with Crippen LogP contribution in [0.4, 0.5) is 5.69 Å². The van der Waals surface area contributed by atoms with Crippen molar-refractivity contribution in [1.29, 1.82) is 5.26 Å². The number of nitrogens with zero attached hydrogens (tertiary/aromatic N) is 2. The van der Waals surface area contributed by atoms with Crippen LogP contribution in [0, 0.1) is 11.3 Å². The van der Waals surface area contributed by atoms with Crippen LogP contribution in [0.3, 0.4) is 0 Å². The van der Waals surface area contributed by atoms with Gasteiger partial charge in [-0.1, -0.05) is 6.07 Å². The van der Waals surface area contributed by atoms with Gasteiger partial charge in [-0.2, -0.15) is 5.26 Å². The first-order valence-electron chi connectivity index (χ1n) is 7.94. The first kappa shape index (κ1) is 20.2. The van der Waals surface area contributed by atoms with Gasteiger partial charge in [0.15, 0.2) is 0 Å². The summed E-state index contributed by atoms with van der Waals surface area (Å²) in [7, 11) is 4.89. The van der Waals surface area contributed by atoms with E-state index in [-0.39, 0.29) is 11.5 Å². The molecule has 0 saturated heterocycles. The lowest BCUT2D eigenvalue weighted by Gasteiger charge is -2.11. The molecule has 0 aromatic heterocycles. The molecule has 138 valence electrons. The number of amides is 2. The highest BCUT2D eigenvalue weighted by atomic mass is 79.9. The molecule has 0 spiro atoms. The number of hydrogen-bond acceptors (Lipinski definition) is 4. The zero-order chi connectivity index (χ0) is 20.0. The standard InChI is InChI=1S/C20H18BrN3O3/c1-24(2)20(26)14-5-7-16(8-6-14)23-19(25)15(12-22)10-13-4-9-18(27-3)17(21)11-13/h4-11H,1-3H3,(H,23,25)/b15-10+. The number of carbonyl (C=O) groups is 2. The van der Waals surface area contributed by atoms with E-state index in [2.05, 4.69) is 21.2 Å². The van der Waals surface area contributed by atoms with Crippen molar-refractivity contribution < 1.29 is 14.3 Å². The van der Waals surface area contributed by atoms with Gasteiger partial charge in [0.2, 0.25) is 0 Å². The molecule has 0 aliphatic rings. The molecule has 6 nitrogen and oxygen atoms in total. The molecule has 2 aromatic carbocycles. The molecular weight excluding hydrogens is 410 g/mol. The predicted octanol–water partition coefficient (Wildman–Crippen LogP) is 3.71. The first-order chi connectivity index (χ1) is 12.8.